The van der Waals surface area contributed by atoms with Gasteiger partial charge in [0.1, 0.15) is 5.82 Å². The third-order valence-corrected chi connectivity index (χ3v) is 3.68. The first kappa shape index (κ1) is 15.6. The smallest absolute Gasteiger partial charge is 0.229 e. The standard InChI is InChI=1S/C14H14ClFN2O2S/c1-21(19,20)18-11-7-5-10(6-8-11)17-9-12-13(15)3-2-4-14(12)16/h2-8,17-18H,9H2,1H3. The van der Waals surface area contributed by atoms with Crippen LogP contribution in [0.2, 0.25) is 5.02 Å². The molecule has 7 heteroatoms. The largest absolute Gasteiger partial charge is 0.381 e. The molecule has 0 aliphatic heterocycles. The number of halogens is 2. The van der Waals surface area contributed by atoms with Crippen molar-refractivity contribution >= 4 is 33.0 Å². The zero-order valence-electron chi connectivity index (χ0n) is 11.2. The van der Waals surface area contributed by atoms with E-state index in [9.17, 15) is 12.8 Å². The van der Waals surface area contributed by atoms with E-state index < -0.39 is 10.0 Å². The summed E-state index contributed by atoms with van der Waals surface area (Å²) in [5.74, 6) is -0.370. The van der Waals surface area contributed by atoms with Gasteiger partial charge in [0.15, 0.2) is 0 Å². The van der Waals surface area contributed by atoms with Gasteiger partial charge >= 0.3 is 0 Å². The monoisotopic (exact) mass is 328 g/mol. The molecule has 21 heavy (non-hydrogen) atoms. The van der Waals surface area contributed by atoms with E-state index in [2.05, 4.69) is 10.0 Å². The third kappa shape index (κ3) is 4.61. The minimum absolute atomic E-state index is 0.240. The number of hydrogen-bond acceptors (Lipinski definition) is 3. The normalized spacial score (nSPS) is 11.2. The lowest BCUT2D eigenvalue weighted by Crippen LogP contribution is -2.09. The first-order valence-corrected chi connectivity index (χ1v) is 8.37. The summed E-state index contributed by atoms with van der Waals surface area (Å²) in [5, 5.41) is 3.39. The Hall–Kier alpha value is -1.79. The van der Waals surface area contributed by atoms with E-state index in [0.717, 1.165) is 11.9 Å². The maximum absolute atomic E-state index is 13.6. The second-order valence-electron chi connectivity index (χ2n) is 4.51. The van der Waals surface area contributed by atoms with Gasteiger partial charge in [-0.05, 0) is 36.4 Å². The van der Waals surface area contributed by atoms with Gasteiger partial charge < -0.3 is 5.32 Å². The van der Waals surface area contributed by atoms with E-state index in [1.54, 1.807) is 36.4 Å². The summed E-state index contributed by atoms with van der Waals surface area (Å²) in [5.41, 5.74) is 1.58. The molecule has 0 heterocycles. The molecule has 0 aromatic heterocycles. The number of nitrogens with one attached hydrogen (secondary N) is 2. The van der Waals surface area contributed by atoms with Gasteiger partial charge in [0.05, 0.1) is 6.26 Å². The zero-order chi connectivity index (χ0) is 15.5. The molecular weight excluding hydrogens is 315 g/mol. The highest BCUT2D eigenvalue weighted by molar-refractivity contribution is 7.92. The van der Waals surface area contributed by atoms with Crippen LogP contribution in [0.3, 0.4) is 0 Å². The Bertz CT molecular complexity index is 713. The fraction of sp³-hybridized carbons (Fsp3) is 0.143. The van der Waals surface area contributed by atoms with Crippen molar-refractivity contribution in [2.75, 3.05) is 16.3 Å². The molecule has 0 unspecified atom stereocenters. The zero-order valence-corrected chi connectivity index (χ0v) is 12.8. The molecule has 0 radical (unpaired) electrons. The van der Waals surface area contributed by atoms with E-state index in [0.29, 0.717) is 16.3 Å². The van der Waals surface area contributed by atoms with Gasteiger partial charge in [-0.15, -0.1) is 0 Å². The molecule has 0 aliphatic carbocycles. The lowest BCUT2D eigenvalue weighted by molar-refractivity contribution is 0.606. The van der Waals surface area contributed by atoms with Gasteiger partial charge in [-0.1, -0.05) is 17.7 Å². The van der Waals surface area contributed by atoms with Crippen molar-refractivity contribution in [3.63, 3.8) is 0 Å². The van der Waals surface area contributed by atoms with Crippen LogP contribution in [0, 0.1) is 5.82 Å². The molecule has 2 aromatic rings. The lowest BCUT2D eigenvalue weighted by Gasteiger charge is -2.10. The van der Waals surface area contributed by atoms with Gasteiger partial charge in [-0.25, -0.2) is 12.8 Å². The van der Waals surface area contributed by atoms with Crippen LogP contribution in [-0.2, 0) is 16.6 Å². The van der Waals surface area contributed by atoms with E-state index in [1.807, 2.05) is 0 Å². The third-order valence-electron chi connectivity index (χ3n) is 2.72. The Morgan fingerprint density at radius 1 is 1.10 bits per heavy atom. The second kappa shape index (κ2) is 6.32. The van der Waals surface area contributed by atoms with Crippen molar-refractivity contribution in [2.24, 2.45) is 0 Å². The van der Waals surface area contributed by atoms with Crippen molar-refractivity contribution in [3.05, 3.63) is 58.9 Å². The molecule has 0 saturated carbocycles. The molecule has 0 saturated heterocycles. The van der Waals surface area contributed by atoms with Crippen molar-refractivity contribution < 1.29 is 12.8 Å². The van der Waals surface area contributed by atoms with E-state index in [-0.39, 0.29) is 12.4 Å². The van der Waals surface area contributed by atoms with Crippen LogP contribution < -0.4 is 10.0 Å². The first-order valence-electron chi connectivity index (χ1n) is 6.10. The summed E-state index contributed by atoms with van der Waals surface area (Å²) in [6, 6.07) is 11.2. The Morgan fingerprint density at radius 2 is 1.71 bits per heavy atom. The summed E-state index contributed by atoms with van der Waals surface area (Å²) >= 11 is 5.94. The average Bonchev–Trinajstić information content (AvgIpc) is 2.38. The van der Waals surface area contributed by atoms with Crippen LogP contribution in [0.4, 0.5) is 15.8 Å². The van der Waals surface area contributed by atoms with Crippen molar-refractivity contribution in [3.8, 4) is 0 Å². The lowest BCUT2D eigenvalue weighted by atomic mass is 10.2. The highest BCUT2D eigenvalue weighted by Gasteiger charge is 2.06. The number of anilines is 2. The summed E-state index contributed by atoms with van der Waals surface area (Å²) in [6.45, 7) is 0.240. The quantitative estimate of drug-likeness (QED) is 0.883. The van der Waals surface area contributed by atoms with E-state index in [4.69, 9.17) is 11.6 Å². The molecule has 4 nitrogen and oxygen atoms in total. The summed E-state index contributed by atoms with van der Waals surface area (Å²) in [4.78, 5) is 0. The number of rotatable bonds is 5. The van der Waals surface area contributed by atoms with Crippen LogP contribution in [0.1, 0.15) is 5.56 Å². The molecule has 0 bridgehead atoms. The molecule has 2 rings (SSSR count). The maximum Gasteiger partial charge on any atom is 0.229 e. The Kier molecular flexibility index (Phi) is 4.69. The van der Waals surface area contributed by atoms with Crippen LogP contribution in [0.5, 0.6) is 0 Å². The highest BCUT2D eigenvalue weighted by Crippen LogP contribution is 2.21. The van der Waals surface area contributed by atoms with Gasteiger partial charge in [-0.3, -0.25) is 4.72 Å². The van der Waals surface area contributed by atoms with Crippen molar-refractivity contribution in [1.29, 1.82) is 0 Å². The Balaban J connectivity index is 2.04. The van der Waals surface area contributed by atoms with Gasteiger partial charge in [0.25, 0.3) is 0 Å². The second-order valence-corrected chi connectivity index (χ2v) is 6.66. The van der Waals surface area contributed by atoms with E-state index >= 15 is 0 Å². The highest BCUT2D eigenvalue weighted by atomic mass is 35.5. The molecule has 0 aliphatic rings. The number of sulfonamides is 1. The summed E-state index contributed by atoms with van der Waals surface area (Å²) in [6.07, 6.45) is 1.08. The van der Waals surface area contributed by atoms with Gasteiger partial charge in [0.2, 0.25) is 10.0 Å². The predicted octanol–water partition coefficient (Wildman–Crippen LogP) is 3.46. The SMILES string of the molecule is CS(=O)(=O)Nc1ccc(NCc2c(F)cccc2Cl)cc1. The minimum atomic E-state index is -3.29. The summed E-state index contributed by atoms with van der Waals surface area (Å²) in [7, 11) is -3.29. The fourth-order valence-corrected chi connectivity index (χ4v) is 2.56. The molecular formula is C14H14ClFN2O2S. The van der Waals surface area contributed by atoms with Gasteiger partial charge in [-0.2, -0.15) is 0 Å². The van der Waals surface area contributed by atoms with Crippen LogP contribution >= 0.6 is 11.6 Å². The Labute approximate surface area is 128 Å². The predicted molar refractivity (Wildman–Crippen MR) is 83.6 cm³/mol. The van der Waals surface area contributed by atoms with Crippen molar-refractivity contribution in [2.45, 2.75) is 6.54 Å². The molecule has 2 aromatic carbocycles. The van der Waals surface area contributed by atoms with Gasteiger partial charge in [0, 0.05) is 28.5 Å². The summed E-state index contributed by atoms with van der Waals surface area (Å²) < 4.78 is 38.1. The number of benzene rings is 2. The molecule has 0 amide bonds. The first-order chi connectivity index (χ1) is 9.85. The van der Waals surface area contributed by atoms with Crippen molar-refractivity contribution in [1.82, 2.24) is 0 Å². The molecule has 0 atom stereocenters. The fourth-order valence-electron chi connectivity index (χ4n) is 1.76. The topological polar surface area (TPSA) is 58.2 Å². The Morgan fingerprint density at radius 3 is 2.29 bits per heavy atom. The molecule has 112 valence electrons. The number of hydrogen-bond donors (Lipinski definition) is 2. The average molecular weight is 329 g/mol. The minimum Gasteiger partial charge on any atom is -0.381 e. The van der Waals surface area contributed by atoms with Crippen LogP contribution in [0.25, 0.3) is 0 Å². The molecule has 0 spiro atoms. The van der Waals surface area contributed by atoms with E-state index in [1.165, 1.54) is 6.07 Å². The molecule has 0 fully saturated rings. The maximum atomic E-state index is 13.6. The molecule has 2 N–H and O–H groups in total. The van der Waals surface area contributed by atoms with Crippen LogP contribution in [0.15, 0.2) is 42.5 Å². The van der Waals surface area contributed by atoms with Crippen LogP contribution in [-0.4, -0.2) is 14.7 Å².